The van der Waals surface area contributed by atoms with E-state index in [1.54, 1.807) is 6.92 Å². The number of nitrogens with zero attached hydrogens (tertiary/aromatic N) is 1. The molecule has 0 aromatic carbocycles. The van der Waals surface area contributed by atoms with Gasteiger partial charge in [0.15, 0.2) is 0 Å². The first kappa shape index (κ1) is 15.1. The molecular weight excluding hydrogens is 258 g/mol. The van der Waals surface area contributed by atoms with Gasteiger partial charge < -0.3 is 18.9 Å². The maximum absolute atomic E-state index is 11.7. The number of carbonyl (C=O) groups excluding carboxylic acids is 3. The Morgan fingerprint density at radius 3 is 2.42 bits per heavy atom. The summed E-state index contributed by atoms with van der Waals surface area (Å²) in [6.45, 7) is 1.93. The molecule has 0 spiro atoms. The molecule has 1 aliphatic rings. The van der Waals surface area contributed by atoms with Crippen LogP contribution in [0.3, 0.4) is 0 Å². The predicted octanol–water partition coefficient (Wildman–Crippen LogP) is 0.542. The number of hydrogen-bond acceptors (Lipinski definition) is 7. The van der Waals surface area contributed by atoms with Gasteiger partial charge in [-0.25, -0.2) is 14.4 Å². The Kier molecular flexibility index (Phi) is 5.40. The molecule has 8 nitrogen and oxygen atoms in total. The van der Waals surface area contributed by atoms with E-state index in [2.05, 4.69) is 9.47 Å². The Balaban J connectivity index is 2.73. The van der Waals surface area contributed by atoms with Gasteiger partial charge in [0.25, 0.3) is 0 Å². The molecule has 1 amide bonds. The number of likely N-dealkylation sites (tertiary alicyclic amines) is 1. The van der Waals surface area contributed by atoms with Crippen molar-refractivity contribution in [3.05, 3.63) is 0 Å². The number of esters is 1. The minimum absolute atomic E-state index is 0.0608. The monoisotopic (exact) mass is 275 g/mol. The Morgan fingerprint density at radius 1 is 1.21 bits per heavy atom. The van der Waals surface area contributed by atoms with E-state index in [1.165, 1.54) is 19.1 Å². The molecule has 2 atom stereocenters. The normalized spacial score (nSPS) is 21.7. The molecule has 0 saturated carbocycles. The van der Waals surface area contributed by atoms with E-state index < -0.39 is 30.4 Å². The average molecular weight is 275 g/mol. The van der Waals surface area contributed by atoms with Crippen LogP contribution in [-0.2, 0) is 23.7 Å². The molecule has 1 rings (SSSR count). The molecule has 19 heavy (non-hydrogen) atoms. The Labute approximate surface area is 110 Å². The molecule has 8 heteroatoms. The largest absolute Gasteiger partial charge is 0.508 e. The molecule has 1 saturated heterocycles. The molecule has 0 unspecified atom stereocenters. The second-order valence-electron chi connectivity index (χ2n) is 3.82. The summed E-state index contributed by atoms with van der Waals surface area (Å²) in [5, 5.41) is 0. The standard InChI is InChI=1S/C11H17NO7/c1-4-18-9(13)8-5-7(19-11(15)17-3)6-12(8)10(14)16-2/h7-8H,4-6H2,1-3H3/t7-,8+/m1/s1. The molecule has 0 N–H and O–H groups in total. The van der Waals surface area contributed by atoms with E-state index in [-0.39, 0.29) is 19.6 Å². The number of methoxy groups -OCH3 is 2. The van der Waals surface area contributed by atoms with Crippen LogP contribution in [0, 0.1) is 0 Å². The molecule has 1 fully saturated rings. The molecule has 0 aromatic heterocycles. The number of ether oxygens (including phenoxy) is 4. The molecule has 1 heterocycles. The summed E-state index contributed by atoms with van der Waals surface area (Å²) in [6, 6.07) is -0.818. The summed E-state index contributed by atoms with van der Waals surface area (Å²) < 4.78 is 18.7. The highest BCUT2D eigenvalue weighted by Gasteiger charge is 2.43. The van der Waals surface area contributed by atoms with E-state index in [0.717, 1.165) is 0 Å². The summed E-state index contributed by atoms with van der Waals surface area (Å²) in [5.41, 5.74) is 0. The van der Waals surface area contributed by atoms with Gasteiger partial charge in [-0.2, -0.15) is 0 Å². The topological polar surface area (TPSA) is 91.4 Å². The SMILES string of the molecule is CCOC(=O)[C@@H]1C[C@@H](OC(=O)OC)CN1C(=O)OC. The molecule has 1 aliphatic heterocycles. The first-order valence-electron chi connectivity index (χ1n) is 5.79. The number of amides is 1. The smallest absolute Gasteiger partial charge is 0.464 e. The van der Waals surface area contributed by atoms with Crippen molar-refractivity contribution in [2.24, 2.45) is 0 Å². The molecular formula is C11H17NO7. The fraction of sp³-hybridized carbons (Fsp3) is 0.727. The van der Waals surface area contributed by atoms with Crippen LogP contribution >= 0.6 is 0 Å². The molecule has 0 bridgehead atoms. The van der Waals surface area contributed by atoms with Crippen LogP contribution in [0.25, 0.3) is 0 Å². The lowest BCUT2D eigenvalue weighted by Gasteiger charge is -2.20. The summed E-state index contributed by atoms with van der Waals surface area (Å²) in [4.78, 5) is 35.5. The van der Waals surface area contributed by atoms with Gasteiger partial charge in [-0.1, -0.05) is 0 Å². The third-order valence-corrected chi connectivity index (χ3v) is 2.66. The van der Waals surface area contributed by atoms with E-state index in [4.69, 9.17) is 9.47 Å². The molecule has 0 aromatic rings. The first-order chi connectivity index (χ1) is 9.03. The molecule has 108 valence electrons. The van der Waals surface area contributed by atoms with Gasteiger partial charge in [0.2, 0.25) is 0 Å². The van der Waals surface area contributed by atoms with Crippen molar-refractivity contribution in [3.8, 4) is 0 Å². The van der Waals surface area contributed by atoms with Crippen molar-refractivity contribution in [2.45, 2.75) is 25.5 Å². The van der Waals surface area contributed by atoms with Crippen molar-refractivity contribution in [1.82, 2.24) is 4.90 Å². The number of rotatable bonds is 3. The van der Waals surface area contributed by atoms with Gasteiger partial charge in [0, 0.05) is 6.42 Å². The lowest BCUT2D eigenvalue weighted by atomic mass is 10.2. The van der Waals surface area contributed by atoms with Crippen LogP contribution in [0.4, 0.5) is 9.59 Å². The third kappa shape index (κ3) is 3.73. The molecule has 0 radical (unpaired) electrons. The fourth-order valence-corrected chi connectivity index (χ4v) is 1.85. The van der Waals surface area contributed by atoms with Crippen molar-refractivity contribution < 1.29 is 33.3 Å². The highest BCUT2D eigenvalue weighted by Crippen LogP contribution is 2.22. The zero-order valence-electron chi connectivity index (χ0n) is 11.1. The second-order valence-corrected chi connectivity index (χ2v) is 3.82. The third-order valence-electron chi connectivity index (χ3n) is 2.66. The minimum atomic E-state index is -0.862. The Bertz CT molecular complexity index is 357. The summed E-state index contributed by atoms with van der Waals surface area (Å²) in [5.74, 6) is -0.552. The van der Waals surface area contributed by atoms with Crippen molar-refractivity contribution in [3.63, 3.8) is 0 Å². The zero-order chi connectivity index (χ0) is 14.4. The fourth-order valence-electron chi connectivity index (χ4n) is 1.85. The average Bonchev–Trinajstić information content (AvgIpc) is 2.81. The molecule has 0 aliphatic carbocycles. The van der Waals surface area contributed by atoms with Crippen molar-refractivity contribution >= 4 is 18.2 Å². The summed E-state index contributed by atoms with van der Waals surface area (Å²) in [7, 11) is 2.39. The Morgan fingerprint density at radius 2 is 1.89 bits per heavy atom. The van der Waals surface area contributed by atoms with Gasteiger partial charge in [0.05, 0.1) is 27.4 Å². The highest BCUT2D eigenvalue weighted by atomic mass is 16.7. The lowest BCUT2D eigenvalue weighted by Crippen LogP contribution is -2.41. The maximum Gasteiger partial charge on any atom is 0.508 e. The van der Waals surface area contributed by atoms with E-state index in [9.17, 15) is 14.4 Å². The Hall–Kier alpha value is -1.99. The lowest BCUT2D eigenvalue weighted by molar-refractivity contribution is -0.147. The van der Waals surface area contributed by atoms with Gasteiger partial charge in [-0.05, 0) is 6.92 Å². The van der Waals surface area contributed by atoms with Crippen LogP contribution in [0.5, 0.6) is 0 Å². The van der Waals surface area contributed by atoms with Crippen molar-refractivity contribution in [1.29, 1.82) is 0 Å². The van der Waals surface area contributed by atoms with E-state index >= 15 is 0 Å². The number of hydrogen-bond donors (Lipinski definition) is 0. The van der Waals surface area contributed by atoms with Crippen LogP contribution in [0.15, 0.2) is 0 Å². The minimum Gasteiger partial charge on any atom is -0.464 e. The highest BCUT2D eigenvalue weighted by molar-refractivity contribution is 5.82. The summed E-state index contributed by atoms with van der Waals surface area (Å²) >= 11 is 0. The second kappa shape index (κ2) is 6.81. The van der Waals surface area contributed by atoms with Gasteiger partial charge >= 0.3 is 18.2 Å². The van der Waals surface area contributed by atoms with Crippen LogP contribution in [0.2, 0.25) is 0 Å². The van der Waals surface area contributed by atoms with Gasteiger partial charge in [0.1, 0.15) is 12.1 Å². The number of carbonyl (C=O) groups is 3. The quantitative estimate of drug-likeness (QED) is 0.548. The van der Waals surface area contributed by atoms with Crippen molar-refractivity contribution in [2.75, 3.05) is 27.4 Å². The first-order valence-corrected chi connectivity index (χ1v) is 5.79. The van der Waals surface area contributed by atoms with Gasteiger partial charge in [-0.15, -0.1) is 0 Å². The zero-order valence-corrected chi connectivity index (χ0v) is 11.1. The van der Waals surface area contributed by atoms with Crippen LogP contribution < -0.4 is 0 Å². The van der Waals surface area contributed by atoms with Gasteiger partial charge in [-0.3, -0.25) is 4.90 Å². The van der Waals surface area contributed by atoms with E-state index in [1.807, 2.05) is 0 Å². The van der Waals surface area contributed by atoms with E-state index in [0.29, 0.717) is 0 Å². The predicted molar refractivity (Wildman–Crippen MR) is 61.4 cm³/mol. The summed E-state index contributed by atoms with van der Waals surface area (Å²) in [6.07, 6.45) is -2.00. The van der Waals surface area contributed by atoms with Crippen LogP contribution in [0.1, 0.15) is 13.3 Å². The van der Waals surface area contributed by atoms with Crippen LogP contribution in [-0.4, -0.2) is 62.6 Å². The maximum atomic E-state index is 11.7.